The lowest BCUT2D eigenvalue weighted by atomic mass is 9.85. The van der Waals surface area contributed by atoms with Crippen LogP contribution < -0.4 is 0 Å². The van der Waals surface area contributed by atoms with Crippen molar-refractivity contribution in [2.75, 3.05) is 0 Å². The fourth-order valence-electron chi connectivity index (χ4n) is 3.33. The van der Waals surface area contributed by atoms with Gasteiger partial charge in [0.2, 0.25) is 0 Å². The number of benzene rings is 3. The predicted octanol–water partition coefficient (Wildman–Crippen LogP) is 7.38. The van der Waals surface area contributed by atoms with Gasteiger partial charge in [0.25, 0.3) is 0 Å². The van der Waals surface area contributed by atoms with Crippen LogP contribution in [-0.2, 0) is 5.41 Å². The van der Waals surface area contributed by atoms with Crippen LogP contribution in [0.1, 0.15) is 26.3 Å². The number of pyridine rings is 1. The summed E-state index contributed by atoms with van der Waals surface area (Å²) in [5.41, 5.74) is 8.14. The molecule has 0 amide bonds. The van der Waals surface area contributed by atoms with Crippen LogP contribution in [0.4, 0.5) is 0 Å². The van der Waals surface area contributed by atoms with Gasteiger partial charge in [-0.1, -0.05) is 106 Å². The number of hydrogen-bond acceptors (Lipinski definition) is 1. The summed E-state index contributed by atoms with van der Waals surface area (Å²) in [4.78, 5) is 4.99. The Labute approximate surface area is 167 Å². The van der Waals surface area contributed by atoms with Gasteiger partial charge in [0.15, 0.2) is 0 Å². The molecule has 0 N–H and O–H groups in total. The molecule has 0 fully saturated rings. The summed E-state index contributed by atoms with van der Waals surface area (Å²) in [6, 6.07) is 34.0. The predicted molar refractivity (Wildman–Crippen MR) is 119 cm³/mol. The van der Waals surface area contributed by atoms with Crippen molar-refractivity contribution in [1.82, 2.24) is 4.98 Å². The van der Waals surface area contributed by atoms with E-state index in [0.717, 1.165) is 22.5 Å². The molecule has 0 unspecified atom stereocenters. The van der Waals surface area contributed by atoms with Crippen molar-refractivity contribution in [3.8, 4) is 33.6 Å². The molecule has 1 nitrogen and oxygen atoms in total. The zero-order valence-corrected chi connectivity index (χ0v) is 16.7. The van der Waals surface area contributed by atoms with Crippen LogP contribution in [0.3, 0.4) is 0 Å². The van der Waals surface area contributed by atoms with Gasteiger partial charge in [0.1, 0.15) is 0 Å². The second kappa shape index (κ2) is 7.44. The highest BCUT2D eigenvalue weighted by Crippen LogP contribution is 2.31. The minimum Gasteiger partial charge on any atom is -0.248 e. The number of hydrogen-bond donors (Lipinski definition) is 0. The van der Waals surface area contributed by atoms with Crippen LogP contribution in [0.5, 0.6) is 0 Å². The topological polar surface area (TPSA) is 12.9 Å². The smallest absolute Gasteiger partial charge is 0.0712 e. The summed E-state index contributed by atoms with van der Waals surface area (Å²) in [5.74, 6) is 0. The lowest BCUT2D eigenvalue weighted by molar-refractivity contribution is 0.590. The van der Waals surface area contributed by atoms with Crippen LogP contribution in [0.15, 0.2) is 97.1 Å². The first-order valence-corrected chi connectivity index (χ1v) is 9.74. The van der Waals surface area contributed by atoms with E-state index in [4.69, 9.17) is 4.98 Å². The first-order chi connectivity index (χ1) is 13.5. The van der Waals surface area contributed by atoms with Crippen LogP contribution >= 0.6 is 0 Å². The van der Waals surface area contributed by atoms with Gasteiger partial charge >= 0.3 is 0 Å². The third-order valence-corrected chi connectivity index (χ3v) is 5.05. The molecule has 0 radical (unpaired) electrons. The second-order valence-corrected chi connectivity index (χ2v) is 8.19. The summed E-state index contributed by atoms with van der Waals surface area (Å²) >= 11 is 0. The van der Waals surface area contributed by atoms with Gasteiger partial charge in [-0.05, 0) is 34.2 Å². The molecule has 0 aliphatic heterocycles. The zero-order chi connectivity index (χ0) is 19.6. The van der Waals surface area contributed by atoms with E-state index >= 15 is 0 Å². The lowest BCUT2D eigenvalue weighted by Crippen LogP contribution is -2.12. The lowest BCUT2D eigenvalue weighted by Gasteiger charge is -2.21. The summed E-state index contributed by atoms with van der Waals surface area (Å²) in [6.07, 6.45) is 0. The molecule has 138 valence electrons. The Morgan fingerprint density at radius 2 is 0.893 bits per heavy atom. The molecule has 0 aliphatic rings. The zero-order valence-electron chi connectivity index (χ0n) is 16.7. The third kappa shape index (κ3) is 3.89. The Kier molecular flexibility index (Phi) is 4.83. The molecular formula is C27H25N. The normalized spacial score (nSPS) is 11.4. The standard InChI is InChI=1S/C27H25N/c1-27(2,3)24-18-25(22-12-8-5-9-13-22)28-26(19-24)23-16-14-21(15-17-23)20-10-6-4-7-11-20/h4-19H,1-3H3. The minimum atomic E-state index is 0.0607. The van der Waals surface area contributed by atoms with E-state index in [-0.39, 0.29) is 5.41 Å². The highest BCUT2D eigenvalue weighted by atomic mass is 14.7. The maximum absolute atomic E-state index is 4.99. The van der Waals surface area contributed by atoms with E-state index in [1.807, 2.05) is 12.1 Å². The van der Waals surface area contributed by atoms with Gasteiger partial charge in [-0.15, -0.1) is 0 Å². The Morgan fingerprint density at radius 3 is 1.39 bits per heavy atom. The number of rotatable bonds is 3. The van der Waals surface area contributed by atoms with Crippen LogP contribution in [-0.4, -0.2) is 4.98 Å². The van der Waals surface area contributed by atoms with Crippen LogP contribution in [0.25, 0.3) is 33.6 Å². The Bertz CT molecular complexity index is 1060. The average Bonchev–Trinajstić information content (AvgIpc) is 2.74. The summed E-state index contributed by atoms with van der Waals surface area (Å²) in [7, 11) is 0. The van der Waals surface area contributed by atoms with E-state index in [2.05, 4.69) is 106 Å². The van der Waals surface area contributed by atoms with E-state index in [0.29, 0.717) is 0 Å². The Balaban J connectivity index is 1.78. The van der Waals surface area contributed by atoms with E-state index in [1.54, 1.807) is 0 Å². The van der Waals surface area contributed by atoms with E-state index in [9.17, 15) is 0 Å². The van der Waals surface area contributed by atoms with Crippen molar-refractivity contribution in [3.05, 3.63) is 103 Å². The van der Waals surface area contributed by atoms with Crippen LogP contribution in [0.2, 0.25) is 0 Å². The fraction of sp³-hybridized carbons (Fsp3) is 0.148. The SMILES string of the molecule is CC(C)(C)c1cc(-c2ccccc2)nc(-c2ccc(-c3ccccc3)cc2)c1. The fourth-order valence-corrected chi connectivity index (χ4v) is 3.33. The maximum Gasteiger partial charge on any atom is 0.0712 e. The molecule has 28 heavy (non-hydrogen) atoms. The van der Waals surface area contributed by atoms with Crippen molar-refractivity contribution < 1.29 is 0 Å². The first kappa shape index (κ1) is 18.2. The van der Waals surface area contributed by atoms with Crippen molar-refractivity contribution in [2.24, 2.45) is 0 Å². The van der Waals surface area contributed by atoms with Crippen molar-refractivity contribution in [3.63, 3.8) is 0 Å². The molecule has 3 aromatic carbocycles. The molecule has 1 heterocycles. The van der Waals surface area contributed by atoms with Crippen LogP contribution in [0, 0.1) is 0 Å². The highest BCUT2D eigenvalue weighted by molar-refractivity contribution is 5.71. The van der Waals surface area contributed by atoms with Crippen molar-refractivity contribution in [2.45, 2.75) is 26.2 Å². The summed E-state index contributed by atoms with van der Waals surface area (Å²) in [5, 5.41) is 0. The molecule has 0 saturated heterocycles. The minimum absolute atomic E-state index is 0.0607. The third-order valence-electron chi connectivity index (χ3n) is 5.05. The van der Waals surface area contributed by atoms with Gasteiger partial charge in [-0.3, -0.25) is 0 Å². The number of aromatic nitrogens is 1. The first-order valence-electron chi connectivity index (χ1n) is 9.74. The quantitative estimate of drug-likeness (QED) is 0.370. The van der Waals surface area contributed by atoms with Gasteiger partial charge in [-0.2, -0.15) is 0 Å². The molecule has 0 bridgehead atoms. The van der Waals surface area contributed by atoms with Gasteiger partial charge in [0, 0.05) is 11.1 Å². The largest absolute Gasteiger partial charge is 0.248 e. The molecule has 1 heteroatoms. The van der Waals surface area contributed by atoms with Gasteiger partial charge in [0.05, 0.1) is 11.4 Å². The summed E-state index contributed by atoms with van der Waals surface area (Å²) in [6.45, 7) is 6.75. The molecule has 0 saturated carbocycles. The second-order valence-electron chi connectivity index (χ2n) is 8.19. The highest BCUT2D eigenvalue weighted by Gasteiger charge is 2.17. The molecule has 0 spiro atoms. The van der Waals surface area contributed by atoms with Gasteiger partial charge < -0.3 is 0 Å². The molecular weight excluding hydrogens is 338 g/mol. The molecule has 0 aliphatic carbocycles. The summed E-state index contributed by atoms with van der Waals surface area (Å²) < 4.78 is 0. The Morgan fingerprint density at radius 1 is 0.500 bits per heavy atom. The van der Waals surface area contributed by atoms with E-state index < -0.39 is 0 Å². The maximum atomic E-state index is 4.99. The molecule has 1 aromatic heterocycles. The van der Waals surface area contributed by atoms with Gasteiger partial charge in [-0.25, -0.2) is 4.98 Å². The number of nitrogens with zero attached hydrogens (tertiary/aromatic N) is 1. The molecule has 0 atom stereocenters. The molecule has 4 aromatic rings. The molecule has 4 rings (SSSR count). The monoisotopic (exact) mass is 363 g/mol. The van der Waals surface area contributed by atoms with Crippen molar-refractivity contribution in [1.29, 1.82) is 0 Å². The van der Waals surface area contributed by atoms with E-state index in [1.165, 1.54) is 16.7 Å². The average molecular weight is 364 g/mol. The Hall–Kier alpha value is -3.19. The van der Waals surface area contributed by atoms with Crippen molar-refractivity contribution >= 4 is 0 Å².